The van der Waals surface area contributed by atoms with Gasteiger partial charge in [-0.2, -0.15) is 5.01 Å². The van der Waals surface area contributed by atoms with Gasteiger partial charge in [0.1, 0.15) is 11.3 Å². The highest BCUT2D eigenvalue weighted by Gasteiger charge is 2.52. The van der Waals surface area contributed by atoms with Crippen molar-refractivity contribution in [1.82, 2.24) is 15.8 Å². The smallest absolute Gasteiger partial charge is 0.344 e. The number of nitrogens with one attached hydrogen (secondary N) is 2. The number of hydrogen-bond acceptors (Lipinski definition) is 4. The molecular formula is C21H29N3O4. The van der Waals surface area contributed by atoms with Crippen molar-refractivity contribution in [2.24, 2.45) is 0 Å². The van der Waals surface area contributed by atoms with Crippen molar-refractivity contribution in [2.75, 3.05) is 0 Å². The van der Waals surface area contributed by atoms with Crippen LogP contribution in [0.2, 0.25) is 0 Å². The molecule has 28 heavy (non-hydrogen) atoms. The zero-order valence-electron chi connectivity index (χ0n) is 17.0. The van der Waals surface area contributed by atoms with E-state index in [2.05, 4.69) is 24.6 Å². The number of benzene rings is 1. The van der Waals surface area contributed by atoms with Gasteiger partial charge in [0.05, 0.1) is 0 Å². The Kier molecular flexibility index (Phi) is 5.63. The van der Waals surface area contributed by atoms with Crippen molar-refractivity contribution in [1.29, 1.82) is 0 Å². The maximum absolute atomic E-state index is 12.7. The summed E-state index contributed by atoms with van der Waals surface area (Å²) in [6.45, 7) is 7.84. The lowest BCUT2D eigenvalue weighted by Gasteiger charge is -2.30. The summed E-state index contributed by atoms with van der Waals surface area (Å²) in [5.74, 6) is 0.0592. The van der Waals surface area contributed by atoms with E-state index in [1.54, 1.807) is 6.92 Å². The van der Waals surface area contributed by atoms with Gasteiger partial charge in [-0.1, -0.05) is 39.2 Å². The van der Waals surface area contributed by atoms with Crippen LogP contribution in [0.5, 0.6) is 5.75 Å². The van der Waals surface area contributed by atoms with Gasteiger partial charge < -0.3 is 10.1 Å². The number of nitrogens with zero attached hydrogens (tertiary/aromatic N) is 1. The second-order valence-corrected chi connectivity index (χ2v) is 8.12. The Balaban J connectivity index is 1.63. The predicted octanol–water partition coefficient (Wildman–Crippen LogP) is 3.17. The van der Waals surface area contributed by atoms with Gasteiger partial charge in [-0.25, -0.2) is 4.79 Å². The number of carbonyl (C=O) groups is 3. The van der Waals surface area contributed by atoms with Crippen molar-refractivity contribution < 1.29 is 19.1 Å². The standard InChI is InChI=1S/C21H29N3O4/c1-13(2)17-9-8-16(12-14(17)3)28-15(4)18(25)23-24-19(26)21(22-20(24)27)10-6-5-7-11-21/h8-9,12-13,15H,5-7,10-11H2,1-4H3,(H,22,27)(H,23,25)/t15-/m0/s1. The van der Waals surface area contributed by atoms with Crippen molar-refractivity contribution in [3.8, 4) is 5.75 Å². The number of imide groups is 1. The summed E-state index contributed by atoms with van der Waals surface area (Å²) in [5.41, 5.74) is 3.87. The van der Waals surface area contributed by atoms with Crippen LogP contribution in [0.4, 0.5) is 4.79 Å². The quantitative estimate of drug-likeness (QED) is 0.760. The topological polar surface area (TPSA) is 87.7 Å². The number of ether oxygens (including phenoxy) is 1. The molecule has 1 atom stereocenters. The molecule has 2 N–H and O–H groups in total. The largest absolute Gasteiger partial charge is 0.481 e. The molecule has 1 aliphatic carbocycles. The molecule has 1 saturated carbocycles. The zero-order chi connectivity index (χ0) is 20.5. The van der Waals surface area contributed by atoms with Crippen LogP contribution >= 0.6 is 0 Å². The molecule has 152 valence electrons. The summed E-state index contributed by atoms with van der Waals surface area (Å²) in [4.78, 5) is 37.5. The molecule has 1 heterocycles. The number of hydrazine groups is 1. The van der Waals surface area contributed by atoms with E-state index < -0.39 is 23.6 Å². The molecule has 7 heteroatoms. The number of aryl methyl sites for hydroxylation is 1. The number of carbonyl (C=O) groups excluding carboxylic acids is 3. The van der Waals surface area contributed by atoms with E-state index in [0.717, 1.165) is 29.8 Å². The minimum atomic E-state index is -0.865. The van der Waals surface area contributed by atoms with Gasteiger partial charge in [-0.3, -0.25) is 15.0 Å². The summed E-state index contributed by atoms with van der Waals surface area (Å²) in [6, 6.07) is 5.13. The summed E-state index contributed by atoms with van der Waals surface area (Å²) >= 11 is 0. The number of amides is 4. The lowest BCUT2D eigenvalue weighted by atomic mass is 9.82. The normalized spacial score (nSPS) is 19.7. The Morgan fingerprint density at radius 2 is 1.86 bits per heavy atom. The molecule has 4 amide bonds. The first kappa shape index (κ1) is 20.2. The molecule has 0 radical (unpaired) electrons. The maximum atomic E-state index is 12.7. The molecule has 1 spiro atoms. The molecule has 2 fully saturated rings. The summed E-state index contributed by atoms with van der Waals surface area (Å²) in [5, 5.41) is 3.58. The first-order valence-electron chi connectivity index (χ1n) is 9.98. The van der Waals surface area contributed by atoms with Gasteiger partial charge in [0.15, 0.2) is 6.10 Å². The summed E-state index contributed by atoms with van der Waals surface area (Å²) < 4.78 is 5.73. The summed E-state index contributed by atoms with van der Waals surface area (Å²) in [6.07, 6.45) is 3.19. The molecule has 1 aromatic rings. The minimum Gasteiger partial charge on any atom is -0.481 e. The third-order valence-corrected chi connectivity index (χ3v) is 5.64. The molecule has 3 rings (SSSR count). The molecule has 1 aromatic carbocycles. The van der Waals surface area contributed by atoms with Gasteiger partial charge >= 0.3 is 6.03 Å². The highest BCUT2D eigenvalue weighted by Crippen LogP contribution is 2.33. The van der Waals surface area contributed by atoms with E-state index in [1.165, 1.54) is 5.56 Å². The Bertz CT molecular complexity index is 784. The highest BCUT2D eigenvalue weighted by molar-refractivity contribution is 6.08. The van der Waals surface area contributed by atoms with Gasteiger partial charge in [-0.05, 0) is 55.9 Å². The summed E-state index contributed by atoms with van der Waals surface area (Å²) in [7, 11) is 0. The third kappa shape index (κ3) is 3.84. The van der Waals surface area contributed by atoms with Crippen LogP contribution in [0.1, 0.15) is 69.9 Å². The fourth-order valence-electron chi connectivity index (χ4n) is 4.04. The first-order valence-corrected chi connectivity index (χ1v) is 9.98. The van der Waals surface area contributed by atoms with E-state index in [0.29, 0.717) is 24.5 Å². The Morgan fingerprint density at radius 1 is 1.18 bits per heavy atom. The molecular weight excluding hydrogens is 358 g/mol. The number of hydrogen-bond donors (Lipinski definition) is 2. The monoisotopic (exact) mass is 387 g/mol. The Labute approximate surface area is 165 Å². The van der Waals surface area contributed by atoms with Crippen LogP contribution < -0.4 is 15.5 Å². The Morgan fingerprint density at radius 3 is 2.46 bits per heavy atom. The van der Waals surface area contributed by atoms with Crippen LogP contribution in [0, 0.1) is 6.92 Å². The number of rotatable bonds is 5. The zero-order valence-corrected chi connectivity index (χ0v) is 17.0. The van der Waals surface area contributed by atoms with Crippen LogP contribution in [0.3, 0.4) is 0 Å². The lowest BCUT2D eigenvalue weighted by Crippen LogP contribution is -2.53. The molecule has 1 aliphatic heterocycles. The molecule has 0 aromatic heterocycles. The molecule has 2 aliphatic rings. The van der Waals surface area contributed by atoms with Crippen LogP contribution in [-0.4, -0.2) is 34.5 Å². The second kappa shape index (κ2) is 7.81. The van der Waals surface area contributed by atoms with Crippen LogP contribution in [-0.2, 0) is 9.59 Å². The highest BCUT2D eigenvalue weighted by atomic mass is 16.5. The van der Waals surface area contributed by atoms with E-state index in [4.69, 9.17) is 4.74 Å². The lowest BCUT2D eigenvalue weighted by molar-refractivity contribution is -0.142. The number of urea groups is 1. The molecule has 7 nitrogen and oxygen atoms in total. The molecule has 0 unspecified atom stereocenters. The SMILES string of the molecule is Cc1cc(O[C@@H](C)C(=O)NN2C(=O)NC3(CCCCC3)C2=O)ccc1C(C)C. The van der Waals surface area contributed by atoms with Crippen LogP contribution in [0.15, 0.2) is 18.2 Å². The van der Waals surface area contributed by atoms with Gasteiger partial charge in [0, 0.05) is 0 Å². The van der Waals surface area contributed by atoms with Gasteiger partial charge in [0.2, 0.25) is 0 Å². The first-order chi connectivity index (χ1) is 13.2. The average Bonchev–Trinajstić information content (AvgIpc) is 2.86. The predicted molar refractivity (Wildman–Crippen MR) is 105 cm³/mol. The van der Waals surface area contributed by atoms with Crippen molar-refractivity contribution >= 4 is 17.8 Å². The van der Waals surface area contributed by atoms with Crippen LogP contribution in [0.25, 0.3) is 0 Å². The van der Waals surface area contributed by atoms with Crippen molar-refractivity contribution in [3.05, 3.63) is 29.3 Å². The minimum absolute atomic E-state index is 0.380. The fraction of sp³-hybridized carbons (Fsp3) is 0.571. The molecule has 1 saturated heterocycles. The van der Waals surface area contributed by atoms with Gasteiger partial charge in [-0.15, -0.1) is 0 Å². The van der Waals surface area contributed by atoms with Crippen molar-refractivity contribution in [3.63, 3.8) is 0 Å². The van der Waals surface area contributed by atoms with E-state index >= 15 is 0 Å². The molecule has 0 bridgehead atoms. The Hall–Kier alpha value is -2.57. The van der Waals surface area contributed by atoms with E-state index in [-0.39, 0.29) is 5.91 Å². The average molecular weight is 387 g/mol. The van der Waals surface area contributed by atoms with Gasteiger partial charge in [0.25, 0.3) is 11.8 Å². The third-order valence-electron chi connectivity index (χ3n) is 5.64. The van der Waals surface area contributed by atoms with Crippen molar-refractivity contribution in [2.45, 2.75) is 77.4 Å². The van der Waals surface area contributed by atoms with E-state index in [1.807, 2.05) is 25.1 Å². The fourth-order valence-corrected chi connectivity index (χ4v) is 4.04. The van der Waals surface area contributed by atoms with E-state index in [9.17, 15) is 14.4 Å². The maximum Gasteiger partial charge on any atom is 0.344 e. The second-order valence-electron chi connectivity index (χ2n) is 8.12.